The van der Waals surface area contributed by atoms with Crippen molar-refractivity contribution in [1.82, 2.24) is 19.4 Å². The first-order valence-electron chi connectivity index (χ1n) is 9.44. The van der Waals surface area contributed by atoms with Crippen molar-refractivity contribution in [2.45, 2.75) is 13.0 Å². The number of pyridine rings is 1. The number of benzene rings is 2. The minimum absolute atomic E-state index is 0.757. The molecule has 0 saturated heterocycles. The van der Waals surface area contributed by atoms with Gasteiger partial charge in [0.05, 0.1) is 24.7 Å². The average molecular weight is 372 g/mol. The van der Waals surface area contributed by atoms with Gasteiger partial charge < -0.3 is 4.74 Å². The molecule has 142 valence electrons. The van der Waals surface area contributed by atoms with Gasteiger partial charge >= 0.3 is 0 Å². The van der Waals surface area contributed by atoms with Crippen LogP contribution in [-0.2, 0) is 13.0 Å². The van der Waals surface area contributed by atoms with Gasteiger partial charge in [-0.15, -0.1) is 0 Å². The van der Waals surface area contributed by atoms with E-state index in [4.69, 9.17) is 9.72 Å². The molecule has 2 aromatic heterocycles. The molecule has 0 aliphatic rings. The molecule has 0 radical (unpaired) electrons. The lowest BCUT2D eigenvalue weighted by atomic mass is 10.2. The molecule has 28 heavy (non-hydrogen) atoms. The summed E-state index contributed by atoms with van der Waals surface area (Å²) in [5.74, 6) is 1.87. The first-order valence-corrected chi connectivity index (χ1v) is 9.44. The van der Waals surface area contributed by atoms with Gasteiger partial charge in [0.1, 0.15) is 11.6 Å². The molecular formula is C23H24N4O. The van der Waals surface area contributed by atoms with Crippen LogP contribution in [0.3, 0.4) is 0 Å². The molecule has 0 spiro atoms. The van der Waals surface area contributed by atoms with E-state index in [9.17, 15) is 0 Å². The molecule has 0 unspecified atom stereocenters. The number of aromatic nitrogens is 3. The molecule has 0 N–H and O–H groups in total. The summed E-state index contributed by atoms with van der Waals surface area (Å²) in [6.07, 6.45) is 2.76. The fraction of sp³-hybridized carbons (Fsp3) is 0.217. The van der Waals surface area contributed by atoms with E-state index in [1.807, 2.05) is 36.5 Å². The Hall–Kier alpha value is -3.18. The lowest BCUT2D eigenvalue weighted by Gasteiger charge is -2.17. The summed E-state index contributed by atoms with van der Waals surface area (Å²) in [7, 11) is 3.81. The van der Waals surface area contributed by atoms with Crippen LogP contribution in [-0.4, -0.2) is 40.1 Å². The Kier molecular flexibility index (Phi) is 5.35. The summed E-state index contributed by atoms with van der Waals surface area (Å²) >= 11 is 0. The number of fused-ring (bicyclic) bond motifs is 1. The van der Waals surface area contributed by atoms with Crippen LogP contribution in [0.15, 0.2) is 72.9 Å². The quantitative estimate of drug-likeness (QED) is 0.490. The molecule has 4 aromatic rings. The van der Waals surface area contributed by atoms with Crippen molar-refractivity contribution in [1.29, 1.82) is 0 Å². The number of methoxy groups -OCH3 is 1. The molecule has 5 heteroatoms. The highest BCUT2D eigenvalue weighted by molar-refractivity contribution is 5.78. The number of imidazole rings is 1. The topological polar surface area (TPSA) is 43.2 Å². The third kappa shape index (κ3) is 3.89. The summed E-state index contributed by atoms with van der Waals surface area (Å²) in [6.45, 7) is 1.68. The monoisotopic (exact) mass is 372 g/mol. The standard InChI is InChI=1S/C23H24N4O/c1-26(16-14-18-7-5-6-15-24-18)17-23-25-21-8-3-4-9-22(21)27(23)19-10-12-20(28-2)13-11-19/h3-13,15H,14,16-17H2,1-2H3. The van der Waals surface area contributed by atoms with Gasteiger partial charge in [-0.3, -0.25) is 14.5 Å². The first kappa shape index (κ1) is 18.2. The number of rotatable bonds is 7. The molecule has 0 bridgehead atoms. The highest BCUT2D eigenvalue weighted by Gasteiger charge is 2.14. The Morgan fingerprint density at radius 3 is 2.50 bits per heavy atom. The van der Waals surface area contributed by atoms with Crippen molar-refractivity contribution in [2.24, 2.45) is 0 Å². The molecule has 0 fully saturated rings. The van der Waals surface area contributed by atoms with E-state index in [-0.39, 0.29) is 0 Å². The third-order valence-electron chi connectivity index (χ3n) is 4.85. The van der Waals surface area contributed by atoms with Crippen LogP contribution in [0.5, 0.6) is 5.75 Å². The van der Waals surface area contributed by atoms with Crippen molar-refractivity contribution in [3.8, 4) is 11.4 Å². The maximum absolute atomic E-state index is 5.30. The second-order valence-corrected chi connectivity index (χ2v) is 6.86. The summed E-state index contributed by atoms with van der Waals surface area (Å²) in [6, 6.07) is 22.4. The zero-order valence-electron chi connectivity index (χ0n) is 16.2. The van der Waals surface area contributed by atoms with Crippen LogP contribution < -0.4 is 4.74 Å². The van der Waals surface area contributed by atoms with Crippen LogP contribution in [0.2, 0.25) is 0 Å². The molecule has 5 nitrogen and oxygen atoms in total. The minimum Gasteiger partial charge on any atom is -0.497 e. The van der Waals surface area contributed by atoms with Crippen LogP contribution in [0.1, 0.15) is 11.5 Å². The molecule has 2 heterocycles. The molecule has 0 aliphatic carbocycles. The smallest absolute Gasteiger partial charge is 0.128 e. The third-order valence-corrected chi connectivity index (χ3v) is 4.85. The van der Waals surface area contributed by atoms with Gasteiger partial charge in [-0.1, -0.05) is 18.2 Å². The first-order chi connectivity index (χ1) is 13.7. The molecule has 0 saturated carbocycles. The van der Waals surface area contributed by atoms with Crippen molar-refractivity contribution >= 4 is 11.0 Å². The van der Waals surface area contributed by atoms with E-state index < -0.39 is 0 Å². The Balaban J connectivity index is 1.60. The molecule has 2 aromatic carbocycles. The minimum atomic E-state index is 0.757. The molecule has 0 amide bonds. The fourth-order valence-corrected chi connectivity index (χ4v) is 3.37. The Morgan fingerprint density at radius 2 is 1.75 bits per heavy atom. The van der Waals surface area contributed by atoms with E-state index >= 15 is 0 Å². The average Bonchev–Trinajstić information content (AvgIpc) is 3.11. The summed E-state index contributed by atoms with van der Waals surface area (Å²) in [5, 5.41) is 0. The maximum Gasteiger partial charge on any atom is 0.128 e. The lowest BCUT2D eigenvalue weighted by Crippen LogP contribution is -2.23. The predicted octanol–water partition coefficient (Wildman–Crippen LogP) is 4.10. The largest absolute Gasteiger partial charge is 0.497 e. The predicted molar refractivity (Wildman–Crippen MR) is 112 cm³/mol. The van der Waals surface area contributed by atoms with Crippen molar-refractivity contribution in [2.75, 3.05) is 20.7 Å². The normalized spacial score (nSPS) is 11.2. The molecule has 4 rings (SSSR count). The lowest BCUT2D eigenvalue weighted by molar-refractivity contribution is 0.320. The number of hydrogen-bond acceptors (Lipinski definition) is 4. The van der Waals surface area contributed by atoms with Crippen LogP contribution in [0.4, 0.5) is 0 Å². The fourth-order valence-electron chi connectivity index (χ4n) is 3.37. The molecule has 0 aliphatic heterocycles. The number of nitrogens with zero attached hydrogens (tertiary/aromatic N) is 4. The Labute approximate surface area is 165 Å². The number of likely N-dealkylation sites (N-methyl/N-ethyl adjacent to an activating group) is 1. The van der Waals surface area contributed by atoms with Gasteiger partial charge in [-0.2, -0.15) is 0 Å². The zero-order chi connectivity index (χ0) is 19.3. The van der Waals surface area contributed by atoms with Gasteiger partial charge in [-0.05, 0) is 55.6 Å². The van der Waals surface area contributed by atoms with Crippen LogP contribution in [0.25, 0.3) is 16.7 Å². The number of hydrogen-bond donors (Lipinski definition) is 0. The van der Waals surface area contributed by atoms with Gasteiger partial charge in [0.25, 0.3) is 0 Å². The summed E-state index contributed by atoms with van der Waals surface area (Å²) in [4.78, 5) is 11.6. The zero-order valence-corrected chi connectivity index (χ0v) is 16.2. The molecular weight excluding hydrogens is 348 g/mol. The van der Waals surface area contributed by atoms with Gasteiger partial charge in [0.15, 0.2) is 0 Å². The van der Waals surface area contributed by atoms with E-state index in [0.717, 1.165) is 53.5 Å². The van der Waals surface area contributed by atoms with Crippen molar-refractivity contribution in [3.05, 3.63) is 84.4 Å². The second-order valence-electron chi connectivity index (χ2n) is 6.86. The number of para-hydroxylation sites is 2. The highest BCUT2D eigenvalue weighted by atomic mass is 16.5. The maximum atomic E-state index is 5.30. The SMILES string of the molecule is COc1ccc(-n2c(CN(C)CCc3ccccn3)nc3ccccc32)cc1. The van der Waals surface area contributed by atoms with Crippen molar-refractivity contribution in [3.63, 3.8) is 0 Å². The van der Waals surface area contributed by atoms with E-state index in [1.165, 1.54) is 0 Å². The highest BCUT2D eigenvalue weighted by Crippen LogP contribution is 2.24. The Bertz CT molecular complexity index is 1040. The van der Waals surface area contributed by atoms with E-state index in [2.05, 4.69) is 57.9 Å². The van der Waals surface area contributed by atoms with Gasteiger partial charge in [-0.25, -0.2) is 4.98 Å². The summed E-state index contributed by atoms with van der Waals surface area (Å²) in [5.41, 5.74) is 4.31. The molecule has 0 atom stereocenters. The number of ether oxygens (including phenoxy) is 1. The second kappa shape index (κ2) is 8.23. The van der Waals surface area contributed by atoms with Gasteiger partial charge in [0.2, 0.25) is 0 Å². The summed E-state index contributed by atoms with van der Waals surface area (Å²) < 4.78 is 7.53. The van der Waals surface area contributed by atoms with E-state index in [0.29, 0.717) is 0 Å². The van der Waals surface area contributed by atoms with E-state index in [1.54, 1.807) is 7.11 Å². The van der Waals surface area contributed by atoms with Crippen LogP contribution >= 0.6 is 0 Å². The van der Waals surface area contributed by atoms with Gasteiger partial charge in [0, 0.05) is 30.5 Å². The van der Waals surface area contributed by atoms with Crippen LogP contribution in [0, 0.1) is 0 Å². The van der Waals surface area contributed by atoms with Crippen molar-refractivity contribution < 1.29 is 4.74 Å². The Morgan fingerprint density at radius 1 is 0.964 bits per heavy atom.